The lowest BCUT2D eigenvalue weighted by Gasteiger charge is -2.08. The summed E-state index contributed by atoms with van der Waals surface area (Å²) in [4.78, 5) is 0. The van der Waals surface area contributed by atoms with Gasteiger partial charge in [-0.25, -0.2) is 0 Å². The van der Waals surface area contributed by atoms with E-state index in [2.05, 4.69) is 35.2 Å². The molecule has 0 saturated heterocycles. The van der Waals surface area contributed by atoms with Gasteiger partial charge in [-0.15, -0.1) is 0 Å². The number of ether oxygens (including phenoxy) is 1. The number of halogens is 1. The predicted octanol–water partition coefficient (Wildman–Crippen LogP) is 3.10. The molecule has 1 aromatic rings. The van der Waals surface area contributed by atoms with Crippen molar-refractivity contribution in [1.82, 2.24) is 0 Å². The van der Waals surface area contributed by atoms with Crippen molar-refractivity contribution in [2.24, 2.45) is 5.73 Å². The minimum atomic E-state index is 0.224. The van der Waals surface area contributed by atoms with Crippen LogP contribution in [0.1, 0.15) is 19.3 Å². The van der Waals surface area contributed by atoms with Crippen molar-refractivity contribution in [3.05, 3.63) is 27.8 Å². The highest BCUT2D eigenvalue weighted by Crippen LogP contribution is 2.14. The monoisotopic (exact) mass is 351 g/mol. The average Bonchev–Trinajstić information content (AvgIpc) is 2.31. The van der Waals surface area contributed by atoms with E-state index in [9.17, 15) is 0 Å². The lowest BCUT2D eigenvalue weighted by atomic mass is 10.1. The van der Waals surface area contributed by atoms with Crippen molar-refractivity contribution in [2.75, 3.05) is 12.4 Å². The van der Waals surface area contributed by atoms with E-state index < -0.39 is 0 Å². The molecule has 90 valence electrons. The Kier molecular flexibility index (Phi) is 7.23. The van der Waals surface area contributed by atoms with Crippen molar-refractivity contribution in [2.45, 2.75) is 25.3 Å². The molecule has 0 aromatic heterocycles. The fourth-order valence-electron chi connectivity index (χ4n) is 1.32. The Morgan fingerprint density at radius 2 is 1.94 bits per heavy atom. The van der Waals surface area contributed by atoms with Crippen molar-refractivity contribution in [1.29, 1.82) is 0 Å². The normalized spacial score (nSPS) is 12.4. The highest BCUT2D eigenvalue weighted by molar-refractivity contribution is 14.1. The van der Waals surface area contributed by atoms with Crippen molar-refractivity contribution < 1.29 is 4.74 Å². The van der Waals surface area contributed by atoms with Crippen LogP contribution in [0.15, 0.2) is 24.3 Å². The summed E-state index contributed by atoms with van der Waals surface area (Å²) in [5.74, 6) is 1.71. The van der Waals surface area contributed by atoms with Crippen LogP contribution in [0.5, 0.6) is 5.75 Å². The van der Waals surface area contributed by atoms with Gasteiger partial charge in [-0.2, -0.15) is 12.6 Å². The maximum Gasteiger partial charge on any atom is 0.119 e. The van der Waals surface area contributed by atoms with Crippen LogP contribution in [0.25, 0.3) is 0 Å². The largest absolute Gasteiger partial charge is 0.494 e. The van der Waals surface area contributed by atoms with Gasteiger partial charge in [0, 0.05) is 15.4 Å². The highest BCUT2D eigenvalue weighted by Gasteiger charge is 1.99. The van der Waals surface area contributed by atoms with E-state index in [0.717, 1.165) is 37.4 Å². The Hall–Kier alpha value is 0.0600. The van der Waals surface area contributed by atoms with Gasteiger partial charge >= 0.3 is 0 Å². The molecule has 16 heavy (non-hydrogen) atoms. The first kappa shape index (κ1) is 14.1. The highest BCUT2D eigenvalue weighted by atomic mass is 127. The maximum atomic E-state index is 5.76. The summed E-state index contributed by atoms with van der Waals surface area (Å²) in [7, 11) is 0. The molecule has 0 bridgehead atoms. The lowest BCUT2D eigenvalue weighted by Crippen LogP contribution is -2.21. The molecular weight excluding hydrogens is 333 g/mol. The summed E-state index contributed by atoms with van der Waals surface area (Å²) in [5, 5.41) is 0. The second-order valence-corrected chi connectivity index (χ2v) is 5.35. The second-order valence-electron chi connectivity index (χ2n) is 3.74. The van der Waals surface area contributed by atoms with E-state index in [1.807, 2.05) is 24.3 Å². The van der Waals surface area contributed by atoms with E-state index in [4.69, 9.17) is 10.5 Å². The number of benzene rings is 1. The van der Waals surface area contributed by atoms with Crippen LogP contribution in [0, 0.1) is 3.57 Å². The molecule has 1 atom stereocenters. The molecule has 0 heterocycles. The van der Waals surface area contributed by atoms with E-state index in [-0.39, 0.29) is 6.04 Å². The molecule has 0 aliphatic heterocycles. The third-order valence-electron chi connectivity index (χ3n) is 2.29. The van der Waals surface area contributed by atoms with Gasteiger partial charge < -0.3 is 10.5 Å². The summed E-state index contributed by atoms with van der Waals surface area (Å²) in [6, 6.07) is 8.32. The molecule has 0 radical (unpaired) electrons. The van der Waals surface area contributed by atoms with Crippen LogP contribution in [0.3, 0.4) is 0 Å². The molecule has 1 rings (SSSR count). The summed E-state index contributed by atoms with van der Waals surface area (Å²) < 4.78 is 6.84. The molecule has 1 aromatic carbocycles. The Balaban J connectivity index is 2.09. The topological polar surface area (TPSA) is 35.2 Å². The van der Waals surface area contributed by atoms with Crippen molar-refractivity contribution >= 4 is 35.2 Å². The van der Waals surface area contributed by atoms with Gasteiger partial charge in [0.25, 0.3) is 0 Å². The van der Waals surface area contributed by atoms with E-state index in [1.165, 1.54) is 3.57 Å². The molecule has 4 heteroatoms. The fraction of sp³-hybridized carbons (Fsp3) is 0.500. The first-order valence-corrected chi connectivity index (χ1v) is 7.18. The Morgan fingerprint density at radius 3 is 2.56 bits per heavy atom. The van der Waals surface area contributed by atoms with Crippen LogP contribution in [0.2, 0.25) is 0 Å². The second kappa shape index (κ2) is 8.20. The van der Waals surface area contributed by atoms with Crippen LogP contribution < -0.4 is 10.5 Å². The SMILES string of the molecule is NC(CS)CCCCOc1ccc(I)cc1. The molecule has 0 fully saturated rings. The Bertz CT molecular complexity index is 292. The quantitative estimate of drug-likeness (QED) is 0.450. The number of hydrogen-bond acceptors (Lipinski definition) is 3. The summed E-state index contributed by atoms with van der Waals surface area (Å²) in [6.07, 6.45) is 3.18. The zero-order valence-corrected chi connectivity index (χ0v) is 12.3. The minimum absolute atomic E-state index is 0.224. The van der Waals surface area contributed by atoms with Crippen molar-refractivity contribution in [3.8, 4) is 5.75 Å². The van der Waals surface area contributed by atoms with Crippen molar-refractivity contribution in [3.63, 3.8) is 0 Å². The molecule has 0 saturated carbocycles. The first-order valence-electron chi connectivity index (χ1n) is 5.47. The molecule has 0 spiro atoms. The van der Waals surface area contributed by atoms with Gasteiger partial charge in [0.1, 0.15) is 5.75 Å². The summed E-state index contributed by atoms with van der Waals surface area (Å²) in [6.45, 7) is 0.764. The number of thiol groups is 1. The zero-order chi connectivity index (χ0) is 11.8. The summed E-state index contributed by atoms with van der Waals surface area (Å²) >= 11 is 6.43. The summed E-state index contributed by atoms with van der Waals surface area (Å²) in [5.41, 5.74) is 5.76. The van der Waals surface area contributed by atoms with Gasteiger partial charge in [-0.05, 0) is 66.1 Å². The van der Waals surface area contributed by atoms with Gasteiger partial charge in [0.05, 0.1) is 6.61 Å². The molecule has 0 aliphatic carbocycles. The lowest BCUT2D eigenvalue weighted by molar-refractivity contribution is 0.304. The number of nitrogens with two attached hydrogens (primary N) is 1. The van der Waals surface area contributed by atoms with E-state index in [0.29, 0.717) is 0 Å². The average molecular weight is 351 g/mol. The minimum Gasteiger partial charge on any atom is -0.494 e. The maximum absolute atomic E-state index is 5.76. The zero-order valence-electron chi connectivity index (χ0n) is 9.23. The molecular formula is C12H18INOS. The molecule has 0 aliphatic rings. The Labute approximate surface area is 116 Å². The van der Waals surface area contributed by atoms with E-state index in [1.54, 1.807) is 0 Å². The fourth-order valence-corrected chi connectivity index (χ4v) is 1.86. The molecule has 0 amide bonds. The third kappa shape index (κ3) is 5.96. The predicted molar refractivity (Wildman–Crippen MR) is 80.3 cm³/mol. The Morgan fingerprint density at radius 1 is 1.25 bits per heavy atom. The molecule has 1 unspecified atom stereocenters. The van der Waals surface area contributed by atoms with Crippen LogP contribution in [-0.4, -0.2) is 18.4 Å². The van der Waals surface area contributed by atoms with Gasteiger partial charge in [0.2, 0.25) is 0 Å². The molecule has 2 N–H and O–H groups in total. The van der Waals surface area contributed by atoms with Gasteiger partial charge in [0.15, 0.2) is 0 Å². The first-order chi connectivity index (χ1) is 7.72. The molecule has 2 nitrogen and oxygen atoms in total. The van der Waals surface area contributed by atoms with Crippen LogP contribution in [-0.2, 0) is 0 Å². The number of unbranched alkanes of at least 4 members (excludes halogenated alkanes) is 1. The smallest absolute Gasteiger partial charge is 0.119 e. The van der Waals surface area contributed by atoms with E-state index >= 15 is 0 Å². The van der Waals surface area contributed by atoms with Gasteiger partial charge in [-0.1, -0.05) is 0 Å². The standard InChI is InChI=1S/C12H18INOS/c13-10-4-6-12(7-5-10)15-8-2-1-3-11(14)9-16/h4-7,11,16H,1-3,8-9,14H2. The van der Waals surface area contributed by atoms with Crippen LogP contribution in [0.4, 0.5) is 0 Å². The third-order valence-corrected chi connectivity index (χ3v) is 3.47. The number of hydrogen-bond donors (Lipinski definition) is 2. The number of rotatable bonds is 7. The van der Waals surface area contributed by atoms with Crippen LogP contribution >= 0.6 is 35.2 Å². The van der Waals surface area contributed by atoms with Gasteiger partial charge in [-0.3, -0.25) is 0 Å².